The highest BCUT2D eigenvalue weighted by atomic mass is 79.9. The molecule has 1 aromatic heterocycles. The minimum absolute atomic E-state index is 0.456. The largest absolute Gasteiger partial charge is 0.236 e. The molecule has 70 valence electrons. The van der Waals surface area contributed by atoms with Crippen molar-refractivity contribution in [2.24, 2.45) is 0 Å². The Kier molecular flexibility index (Phi) is 2.79. The van der Waals surface area contributed by atoms with E-state index in [9.17, 15) is 0 Å². The van der Waals surface area contributed by atoms with Gasteiger partial charge in [0.05, 0.1) is 0 Å². The minimum atomic E-state index is 0.456. The lowest BCUT2D eigenvalue weighted by molar-refractivity contribution is 1.18. The Bertz CT molecular complexity index is 442. The summed E-state index contributed by atoms with van der Waals surface area (Å²) in [6.45, 7) is 0. The molecule has 0 aliphatic rings. The Hall–Kier alpha value is -0.930. The second-order valence-corrected chi connectivity index (χ2v) is 4.01. The van der Waals surface area contributed by atoms with Gasteiger partial charge in [0.15, 0.2) is 5.82 Å². The van der Waals surface area contributed by atoms with E-state index in [4.69, 9.17) is 11.6 Å². The third-order valence-electron chi connectivity index (χ3n) is 1.72. The molecular weight excluding hydrogens is 263 g/mol. The van der Waals surface area contributed by atoms with E-state index >= 15 is 0 Å². The Balaban J connectivity index is 2.44. The summed E-state index contributed by atoms with van der Waals surface area (Å²) in [6, 6.07) is 9.43. The van der Waals surface area contributed by atoms with Gasteiger partial charge in [0.25, 0.3) is 0 Å². The Labute approximate surface area is 95.1 Å². The quantitative estimate of drug-likeness (QED) is 0.740. The van der Waals surface area contributed by atoms with Gasteiger partial charge in [-0.1, -0.05) is 39.7 Å². The molecule has 0 atom stereocenters. The molecule has 0 fully saturated rings. The van der Waals surface area contributed by atoms with Crippen LogP contribution in [0.15, 0.2) is 41.0 Å². The molecular formula is C10H6BrClN2. The van der Waals surface area contributed by atoms with Crippen LogP contribution in [-0.2, 0) is 0 Å². The highest BCUT2D eigenvalue weighted by Crippen LogP contribution is 2.19. The number of benzene rings is 1. The number of hydrogen-bond donors (Lipinski definition) is 0. The van der Waals surface area contributed by atoms with Crippen LogP contribution in [0.3, 0.4) is 0 Å². The number of hydrogen-bond acceptors (Lipinski definition) is 2. The molecule has 1 heterocycles. The van der Waals surface area contributed by atoms with Gasteiger partial charge in [0.2, 0.25) is 0 Å². The lowest BCUT2D eigenvalue weighted by atomic mass is 10.2. The van der Waals surface area contributed by atoms with Crippen molar-refractivity contribution in [3.8, 4) is 11.4 Å². The minimum Gasteiger partial charge on any atom is -0.236 e. The van der Waals surface area contributed by atoms with E-state index in [2.05, 4.69) is 25.9 Å². The second-order valence-electron chi connectivity index (χ2n) is 2.71. The van der Waals surface area contributed by atoms with E-state index < -0.39 is 0 Å². The predicted molar refractivity (Wildman–Crippen MR) is 60.2 cm³/mol. The van der Waals surface area contributed by atoms with Gasteiger partial charge in [-0.2, -0.15) is 0 Å². The van der Waals surface area contributed by atoms with E-state index in [0.29, 0.717) is 11.0 Å². The topological polar surface area (TPSA) is 25.8 Å². The molecule has 2 rings (SSSR count). The number of aromatic nitrogens is 2. The molecule has 0 spiro atoms. The zero-order valence-electron chi connectivity index (χ0n) is 7.11. The van der Waals surface area contributed by atoms with E-state index in [0.717, 1.165) is 10.0 Å². The fourth-order valence-electron chi connectivity index (χ4n) is 1.07. The summed E-state index contributed by atoms with van der Waals surface area (Å²) in [5.41, 5.74) is 0.954. The van der Waals surface area contributed by atoms with Crippen molar-refractivity contribution in [2.45, 2.75) is 0 Å². The summed E-state index contributed by atoms with van der Waals surface area (Å²) in [5, 5.41) is 0.456. The van der Waals surface area contributed by atoms with Crippen molar-refractivity contribution in [3.63, 3.8) is 0 Å². The van der Waals surface area contributed by atoms with Gasteiger partial charge in [-0.3, -0.25) is 0 Å². The average molecular weight is 270 g/mol. The van der Waals surface area contributed by atoms with Crippen molar-refractivity contribution in [1.82, 2.24) is 9.97 Å². The third-order valence-corrected chi connectivity index (χ3v) is 2.46. The Morgan fingerprint density at radius 1 is 1.07 bits per heavy atom. The summed E-state index contributed by atoms with van der Waals surface area (Å²) in [6.07, 6.45) is 1.65. The molecule has 0 bridgehead atoms. The monoisotopic (exact) mass is 268 g/mol. The maximum Gasteiger partial charge on any atom is 0.160 e. The van der Waals surface area contributed by atoms with Gasteiger partial charge >= 0.3 is 0 Å². The van der Waals surface area contributed by atoms with Crippen LogP contribution in [0.4, 0.5) is 0 Å². The summed E-state index contributed by atoms with van der Waals surface area (Å²) in [4.78, 5) is 8.24. The summed E-state index contributed by atoms with van der Waals surface area (Å²) in [7, 11) is 0. The molecule has 0 aliphatic carbocycles. The van der Waals surface area contributed by atoms with Crippen LogP contribution < -0.4 is 0 Å². The van der Waals surface area contributed by atoms with Crippen LogP contribution in [0.5, 0.6) is 0 Å². The van der Waals surface area contributed by atoms with E-state index in [1.165, 1.54) is 0 Å². The van der Waals surface area contributed by atoms with Crippen molar-refractivity contribution in [3.05, 3.63) is 46.2 Å². The first-order valence-corrected chi connectivity index (χ1v) is 5.17. The van der Waals surface area contributed by atoms with Crippen LogP contribution >= 0.6 is 27.5 Å². The zero-order chi connectivity index (χ0) is 9.97. The van der Waals surface area contributed by atoms with Crippen molar-refractivity contribution < 1.29 is 0 Å². The fourth-order valence-corrected chi connectivity index (χ4v) is 1.48. The first-order chi connectivity index (χ1) is 6.75. The summed E-state index contributed by atoms with van der Waals surface area (Å²) in [5.74, 6) is 0.644. The molecule has 4 heteroatoms. The van der Waals surface area contributed by atoms with Crippen LogP contribution in [0.2, 0.25) is 5.15 Å². The molecule has 2 aromatic rings. The van der Waals surface area contributed by atoms with Crippen LogP contribution in [0.25, 0.3) is 11.4 Å². The molecule has 14 heavy (non-hydrogen) atoms. The van der Waals surface area contributed by atoms with Crippen LogP contribution in [0, 0.1) is 0 Å². The average Bonchev–Trinajstić information content (AvgIpc) is 2.19. The smallest absolute Gasteiger partial charge is 0.160 e. The van der Waals surface area contributed by atoms with E-state index in [1.807, 2.05) is 24.3 Å². The predicted octanol–water partition coefficient (Wildman–Crippen LogP) is 3.56. The highest BCUT2D eigenvalue weighted by molar-refractivity contribution is 9.10. The van der Waals surface area contributed by atoms with E-state index in [-0.39, 0.29) is 0 Å². The van der Waals surface area contributed by atoms with Gasteiger partial charge in [0, 0.05) is 16.2 Å². The third kappa shape index (κ3) is 2.11. The molecule has 0 saturated carbocycles. The first-order valence-electron chi connectivity index (χ1n) is 4.00. The van der Waals surface area contributed by atoms with Gasteiger partial charge in [0.1, 0.15) is 5.15 Å². The molecule has 0 aliphatic heterocycles. The van der Waals surface area contributed by atoms with Gasteiger partial charge < -0.3 is 0 Å². The van der Waals surface area contributed by atoms with Crippen LogP contribution in [-0.4, -0.2) is 9.97 Å². The SMILES string of the molecule is Clc1ccnc(-c2ccc(Br)cc2)n1. The first kappa shape index (κ1) is 9.62. The van der Waals surface area contributed by atoms with Crippen molar-refractivity contribution in [2.75, 3.05) is 0 Å². The molecule has 0 saturated heterocycles. The van der Waals surface area contributed by atoms with Crippen LogP contribution in [0.1, 0.15) is 0 Å². The molecule has 0 radical (unpaired) electrons. The van der Waals surface area contributed by atoms with Gasteiger partial charge in [-0.05, 0) is 18.2 Å². The van der Waals surface area contributed by atoms with E-state index in [1.54, 1.807) is 12.3 Å². The van der Waals surface area contributed by atoms with Gasteiger partial charge in [-0.15, -0.1) is 0 Å². The zero-order valence-corrected chi connectivity index (χ0v) is 9.46. The maximum atomic E-state index is 5.77. The molecule has 0 unspecified atom stereocenters. The normalized spacial score (nSPS) is 10.1. The lowest BCUT2D eigenvalue weighted by Crippen LogP contribution is -1.87. The molecule has 0 N–H and O–H groups in total. The molecule has 0 amide bonds. The Morgan fingerprint density at radius 3 is 2.43 bits per heavy atom. The number of nitrogens with zero attached hydrogens (tertiary/aromatic N) is 2. The fraction of sp³-hybridized carbons (Fsp3) is 0. The maximum absolute atomic E-state index is 5.77. The molecule has 1 aromatic carbocycles. The highest BCUT2D eigenvalue weighted by Gasteiger charge is 2.00. The van der Waals surface area contributed by atoms with Crippen molar-refractivity contribution in [1.29, 1.82) is 0 Å². The number of halogens is 2. The lowest BCUT2D eigenvalue weighted by Gasteiger charge is -1.99. The van der Waals surface area contributed by atoms with Gasteiger partial charge in [-0.25, -0.2) is 9.97 Å². The molecule has 2 nitrogen and oxygen atoms in total. The number of rotatable bonds is 1. The Morgan fingerprint density at radius 2 is 1.79 bits per heavy atom. The second kappa shape index (κ2) is 4.07. The summed E-state index contributed by atoms with van der Waals surface area (Å²) < 4.78 is 1.03. The summed E-state index contributed by atoms with van der Waals surface area (Å²) >= 11 is 9.13. The van der Waals surface area contributed by atoms with Crippen molar-refractivity contribution >= 4 is 27.5 Å². The standard InChI is InChI=1S/C10H6BrClN2/c11-8-3-1-7(2-4-8)10-13-6-5-9(12)14-10/h1-6H.